The number of hydrogen-bond acceptors (Lipinski definition) is 6. The summed E-state index contributed by atoms with van der Waals surface area (Å²) in [4.78, 5) is 13.0. The molecule has 0 aliphatic carbocycles. The standard InChI is InChI=1S/C19H13ClN4OS/c20-13-2-4-17-15(6-13)19(9-26-18(21)24-19)14-5-11(1-3-16(14)25-17)12-7-22-10-23-8-12/h1-8,10H,9H2,(H2,21,24)/t19-/m1/s1. The molecule has 2 aromatic carbocycles. The first-order chi connectivity index (χ1) is 12.7. The lowest BCUT2D eigenvalue weighted by Gasteiger charge is -2.34. The first-order valence-corrected chi connectivity index (χ1v) is 9.38. The van der Waals surface area contributed by atoms with Crippen LogP contribution in [0.2, 0.25) is 5.02 Å². The van der Waals surface area contributed by atoms with Crippen LogP contribution in [0.15, 0.2) is 60.1 Å². The molecule has 2 aliphatic heterocycles. The van der Waals surface area contributed by atoms with Crippen LogP contribution >= 0.6 is 23.4 Å². The second-order valence-corrected chi connectivity index (χ2v) is 7.61. The number of nitrogens with two attached hydrogens (primary N) is 1. The number of ether oxygens (including phenoxy) is 1. The quantitative estimate of drug-likeness (QED) is 0.684. The van der Waals surface area contributed by atoms with Crippen LogP contribution in [0.5, 0.6) is 11.5 Å². The third-order valence-corrected chi connectivity index (χ3v) is 5.84. The average Bonchev–Trinajstić information content (AvgIpc) is 3.06. The molecule has 5 rings (SSSR count). The van der Waals surface area contributed by atoms with Crippen molar-refractivity contribution in [2.75, 3.05) is 5.75 Å². The lowest BCUT2D eigenvalue weighted by Crippen LogP contribution is -2.30. The maximum atomic E-state index is 6.27. The summed E-state index contributed by atoms with van der Waals surface area (Å²) < 4.78 is 6.14. The van der Waals surface area contributed by atoms with Gasteiger partial charge < -0.3 is 10.5 Å². The summed E-state index contributed by atoms with van der Waals surface area (Å²) in [7, 11) is 0. The second-order valence-electron chi connectivity index (χ2n) is 6.18. The van der Waals surface area contributed by atoms with E-state index in [1.807, 2.05) is 30.3 Å². The van der Waals surface area contributed by atoms with Gasteiger partial charge in [-0.3, -0.25) is 0 Å². The van der Waals surface area contributed by atoms with E-state index in [1.165, 1.54) is 6.33 Å². The highest BCUT2D eigenvalue weighted by atomic mass is 35.5. The molecule has 0 unspecified atom stereocenters. The summed E-state index contributed by atoms with van der Waals surface area (Å²) in [6.45, 7) is 0. The van der Waals surface area contributed by atoms with Crippen LogP contribution in [0.3, 0.4) is 0 Å². The zero-order chi connectivity index (χ0) is 17.7. The largest absolute Gasteiger partial charge is 0.457 e. The molecular weight excluding hydrogens is 368 g/mol. The third kappa shape index (κ3) is 2.29. The summed E-state index contributed by atoms with van der Waals surface area (Å²) in [5.74, 6) is 2.24. The normalized spacial score (nSPS) is 20.3. The van der Waals surface area contributed by atoms with Gasteiger partial charge >= 0.3 is 0 Å². The maximum absolute atomic E-state index is 6.27. The molecule has 3 heterocycles. The van der Waals surface area contributed by atoms with E-state index in [0.717, 1.165) is 33.8 Å². The molecule has 1 atom stereocenters. The van der Waals surface area contributed by atoms with Gasteiger partial charge in [-0.05, 0) is 35.9 Å². The predicted octanol–water partition coefficient (Wildman–Crippen LogP) is 4.21. The smallest absolute Gasteiger partial charge is 0.155 e. The fraction of sp³-hybridized carbons (Fsp3) is 0.105. The van der Waals surface area contributed by atoms with Crippen molar-refractivity contribution >= 4 is 28.5 Å². The van der Waals surface area contributed by atoms with Gasteiger partial charge in [-0.25, -0.2) is 15.0 Å². The highest BCUT2D eigenvalue weighted by Gasteiger charge is 2.46. The van der Waals surface area contributed by atoms with Crippen molar-refractivity contribution in [3.05, 3.63) is 71.3 Å². The molecule has 128 valence electrons. The minimum Gasteiger partial charge on any atom is -0.457 e. The van der Waals surface area contributed by atoms with E-state index in [4.69, 9.17) is 27.1 Å². The molecule has 26 heavy (non-hydrogen) atoms. The SMILES string of the molecule is NC1=N[C@@]2(CS1)c1cc(Cl)ccc1Oc1ccc(-c3cncnc3)cc12. The Morgan fingerprint density at radius 3 is 2.46 bits per heavy atom. The highest BCUT2D eigenvalue weighted by Crippen LogP contribution is 2.53. The molecule has 0 radical (unpaired) electrons. The van der Waals surface area contributed by atoms with E-state index >= 15 is 0 Å². The van der Waals surface area contributed by atoms with Crippen molar-refractivity contribution in [1.29, 1.82) is 0 Å². The van der Waals surface area contributed by atoms with E-state index in [1.54, 1.807) is 24.2 Å². The van der Waals surface area contributed by atoms with Crippen LogP contribution < -0.4 is 10.5 Å². The zero-order valence-electron chi connectivity index (χ0n) is 13.5. The summed E-state index contributed by atoms with van der Waals surface area (Å²) in [5.41, 5.74) is 9.31. The lowest BCUT2D eigenvalue weighted by molar-refractivity contribution is 0.416. The summed E-state index contributed by atoms with van der Waals surface area (Å²) in [6, 6.07) is 11.7. The van der Waals surface area contributed by atoms with Gasteiger partial charge in [0.2, 0.25) is 0 Å². The fourth-order valence-corrected chi connectivity index (χ4v) is 4.58. The molecular formula is C19H13ClN4OS. The highest BCUT2D eigenvalue weighted by molar-refractivity contribution is 8.14. The minimum absolute atomic E-state index is 0.567. The van der Waals surface area contributed by atoms with E-state index in [-0.39, 0.29) is 0 Å². The molecule has 0 bridgehead atoms. The Balaban J connectivity index is 1.76. The van der Waals surface area contributed by atoms with E-state index in [9.17, 15) is 0 Å². The predicted molar refractivity (Wildman–Crippen MR) is 104 cm³/mol. The third-order valence-electron chi connectivity index (χ3n) is 4.66. The van der Waals surface area contributed by atoms with Crippen LogP contribution in [0.25, 0.3) is 11.1 Å². The van der Waals surface area contributed by atoms with Crippen molar-refractivity contribution in [3.8, 4) is 22.6 Å². The fourth-order valence-electron chi connectivity index (χ4n) is 3.45. The number of fused-ring (bicyclic) bond motifs is 4. The van der Waals surface area contributed by atoms with Gasteiger partial charge in [0.25, 0.3) is 0 Å². The van der Waals surface area contributed by atoms with E-state index < -0.39 is 5.54 Å². The Hall–Kier alpha value is -2.57. The topological polar surface area (TPSA) is 73.4 Å². The van der Waals surface area contributed by atoms with Crippen molar-refractivity contribution in [3.63, 3.8) is 0 Å². The molecule has 0 amide bonds. The van der Waals surface area contributed by atoms with Crippen molar-refractivity contribution < 1.29 is 4.74 Å². The number of halogens is 1. The zero-order valence-corrected chi connectivity index (χ0v) is 15.1. The van der Waals surface area contributed by atoms with Crippen molar-refractivity contribution in [2.24, 2.45) is 10.7 Å². The molecule has 3 aromatic rings. The van der Waals surface area contributed by atoms with Crippen LogP contribution in [-0.4, -0.2) is 20.9 Å². The molecule has 0 saturated heterocycles. The van der Waals surface area contributed by atoms with Crippen LogP contribution in [0.4, 0.5) is 0 Å². The maximum Gasteiger partial charge on any atom is 0.155 e. The summed E-state index contributed by atoms with van der Waals surface area (Å²) in [6.07, 6.45) is 5.09. The van der Waals surface area contributed by atoms with Gasteiger partial charge in [0.1, 0.15) is 23.4 Å². The summed E-state index contributed by atoms with van der Waals surface area (Å²) >= 11 is 7.81. The number of aromatic nitrogens is 2. The van der Waals surface area contributed by atoms with Crippen LogP contribution in [-0.2, 0) is 5.54 Å². The molecule has 1 aromatic heterocycles. The molecule has 2 N–H and O–H groups in total. The number of nitrogens with zero attached hydrogens (tertiary/aromatic N) is 3. The Morgan fingerprint density at radius 1 is 1.00 bits per heavy atom. The monoisotopic (exact) mass is 380 g/mol. The number of hydrogen-bond donors (Lipinski definition) is 1. The molecule has 0 saturated carbocycles. The Morgan fingerprint density at radius 2 is 1.73 bits per heavy atom. The number of rotatable bonds is 1. The Labute approximate surface area is 159 Å². The number of benzene rings is 2. The van der Waals surface area contributed by atoms with E-state index in [0.29, 0.717) is 15.9 Å². The van der Waals surface area contributed by atoms with Gasteiger partial charge in [0.05, 0.1) is 0 Å². The first-order valence-electron chi connectivity index (χ1n) is 8.02. The molecule has 1 spiro atoms. The Kier molecular flexibility index (Phi) is 3.45. The minimum atomic E-state index is -0.603. The van der Waals surface area contributed by atoms with Gasteiger partial charge in [-0.1, -0.05) is 29.4 Å². The first kappa shape index (κ1) is 15.7. The van der Waals surface area contributed by atoms with Crippen LogP contribution in [0.1, 0.15) is 11.1 Å². The molecule has 7 heteroatoms. The number of amidine groups is 1. The van der Waals surface area contributed by atoms with Gasteiger partial charge in [-0.15, -0.1) is 0 Å². The van der Waals surface area contributed by atoms with Gasteiger partial charge in [0.15, 0.2) is 5.17 Å². The number of thioether (sulfide) groups is 1. The van der Waals surface area contributed by atoms with Crippen molar-refractivity contribution in [2.45, 2.75) is 5.54 Å². The summed E-state index contributed by atoms with van der Waals surface area (Å²) in [5, 5.41) is 1.21. The lowest BCUT2D eigenvalue weighted by atomic mass is 9.81. The average molecular weight is 381 g/mol. The molecule has 5 nitrogen and oxygen atoms in total. The molecule has 0 fully saturated rings. The van der Waals surface area contributed by atoms with E-state index in [2.05, 4.69) is 16.0 Å². The Bertz CT molecular complexity index is 1060. The second kappa shape index (κ2) is 5.72. The van der Waals surface area contributed by atoms with Crippen LogP contribution in [0, 0.1) is 0 Å². The van der Waals surface area contributed by atoms with Gasteiger partial charge in [-0.2, -0.15) is 0 Å². The van der Waals surface area contributed by atoms with Gasteiger partial charge in [0, 0.05) is 39.9 Å². The van der Waals surface area contributed by atoms with Crippen molar-refractivity contribution in [1.82, 2.24) is 9.97 Å². The molecule has 2 aliphatic rings. The number of aliphatic imine (C=N–C) groups is 1.